The lowest BCUT2D eigenvalue weighted by Crippen LogP contribution is -2.45. The molecule has 10 heteroatoms. The molecule has 0 atom stereocenters. The fourth-order valence-electron chi connectivity index (χ4n) is 3.63. The fourth-order valence-corrected chi connectivity index (χ4v) is 5.13. The van der Waals surface area contributed by atoms with E-state index in [1.165, 1.54) is 16.4 Å². The van der Waals surface area contributed by atoms with Gasteiger partial charge in [-0.25, -0.2) is 8.42 Å². The molecule has 0 spiro atoms. The molecule has 3 rings (SSSR count). The van der Waals surface area contributed by atoms with Crippen molar-refractivity contribution < 1.29 is 31.1 Å². The number of likely N-dealkylation sites (tertiary alicyclic amines) is 1. The average Bonchev–Trinajstić information content (AvgIpc) is 2.67. The SMILES string of the molecule is C=C1CCN(C(=O)C2CCN(S(=O)(=O)c3cccc(OC(F)(F)F)c3)CC2)CC1. The van der Waals surface area contributed by atoms with Crippen LogP contribution in [0.15, 0.2) is 41.3 Å². The van der Waals surface area contributed by atoms with E-state index in [2.05, 4.69) is 11.3 Å². The second kappa shape index (κ2) is 8.35. The number of alkyl halides is 3. The standard InChI is InChI=1S/C19H23F3N2O4S/c1-14-5-9-23(10-6-14)18(25)15-7-11-24(12-8-15)29(26,27)17-4-2-3-16(13-17)28-19(20,21)22/h2-4,13,15H,1,5-12H2. The lowest BCUT2D eigenvalue weighted by atomic mass is 9.95. The zero-order valence-electron chi connectivity index (χ0n) is 15.8. The summed E-state index contributed by atoms with van der Waals surface area (Å²) in [5, 5.41) is 0. The van der Waals surface area contributed by atoms with Crippen molar-refractivity contribution in [3.05, 3.63) is 36.4 Å². The quantitative estimate of drug-likeness (QED) is 0.686. The molecule has 2 aliphatic rings. The van der Waals surface area contributed by atoms with Gasteiger partial charge in [-0.1, -0.05) is 18.2 Å². The van der Waals surface area contributed by atoms with Gasteiger partial charge in [-0.3, -0.25) is 4.79 Å². The lowest BCUT2D eigenvalue weighted by molar-refractivity contribution is -0.274. The van der Waals surface area contributed by atoms with E-state index < -0.39 is 22.1 Å². The van der Waals surface area contributed by atoms with Gasteiger partial charge in [0.05, 0.1) is 4.90 Å². The fraction of sp³-hybridized carbons (Fsp3) is 0.526. The summed E-state index contributed by atoms with van der Waals surface area (Å²) < 4.78 is 67.8. The predicted molar refractivity (Wildman–Crippen MR) is 99.6 cm³/mol. The molecule has 0 saturated carbocycles. The van der Waals surface area contributed by atoms with Crippen molar-refractivity contribution in [2.24, 2.45) is 5.92 Å². The number of amides is 1. The number of ether oxygens (including phenoxy) is 1. The minimum atomic E-state index is -4.90. The molecule has 0 aliphatic carbocycles. The predicted octanol–water partition coefficient (Wildman–Crippen LogP) is 3.16. The van der Waals surface area contributed by atoms with E-state index in [0.29, 0.717) is 25.9 Å². The number of rotatable bonds is 4. The van der Waals surface area contributed by atoms with Crippen LogP contribution in [-0.2, 0) is 14.8 Å². The number of hydrogen-bond acceptors (Lipinski definition) is 4. The van der Waals surface area contributed by atoms with Crippen molar-refractivity contribution in [2.45, 2.75) is 36.9 Å². The third kappa shape index (κ3) is 5.30. The Kier molecular flexibility index (Phi) is 6.23. The Hall–Kier alpha value is -2.07. The van der Waals surface area contributed by atoms with Crippen molar-refractivity contribution in [3.63, 3.8) is 0 Å². The molecular weight excluding hydrogens is 409 g/mol. The second-order valence-electron chi connectivity index (χ2n) is 7.28. The maximum atomic E-state index is 12.8. The third-order valence-electron chi connectivity index (χ3n) is 5.26. The highest BCUT2D eigenvalue weighted by Gasteiger charge is 2.35. The van der Waals surface area contributed by atoms with Gasteiger partial charge in [0.2, 0.25) is 15.9 Å². The Morgan fingerprint density at radius 2 is 1.72 bits per heavy atom. The van der Waals surface area contributed by atoms with Gasteiger partial charge in [0.15, 0.2) is 0 Å². The molecule has 2 heterocycles. The molecule has 1 amide bonds. The van der Waals surface area contributed by atoms with Gasteiger partial charge >= 0.3 is 6.36 Å². The smallest absolute Gasteiger partial charge is 0.406 e. The molecule has 160 valence electrons. The van der Waals surface area contributed by atoms with Gasteiger partial charge in [0.1, 0.15) is 5.75 Å². The van der Waals surface area contributed by atoms with E-state index in [9.17, 15) is 26.4 Å². The molecule has 0 aromatic heterocycles. The van der Waals surface area contributed by atoms with Crippen molar-refractivity contribution in [1.82, 2.24) is 9.21 Å². The summed E-state index contributed by atoms with van der Waals surface area (Å²) in [6.45, 7) is 5.50. The van der Waals surface area contributed by atoms with Crippen LogP contribution in [0, 0.1) is 5.92 Å². The minimum Gasteiger partial charge on any atom is -0.406 e. The maximum absolute atomic E-state index is 12.8. The van der Waals surface area contributed by atoms with Gasteiger partial charge < -0.3 is 9.64 Å². The summed E-state index contributed by atoms with van der Waals surface area (Å²) in [6, 6.07) is 4.34. The molecule has 1 aromatic carbocycles. The highest BCUT2D eigenvalue weighted by Crippen LogP contribution is 2.29. The van der Waals surface area contributed by atoms with Crippen molar-refractivity contribution in [3.8, 4) is 5.75 Å². The third-order valence-corrected chi connectivity index (χ3v) is 7.16. The van der Waals surface area contributed by atoms with E-state index in [4.69, 9.17) is 0 Å². The van der Waals surface area contributed by atoms with Gasteiger partial charge in [-0.2, -0.15) is 4.31 Å². The highest BCUT2D eigenvalue weighted by molar-refractivity contribution is 7.89. The van der Waals surface area contributed by atoms with Crippen molar-refractivity contribution >= 4 is 15.9 Å². The first kappa shape index (κ1) is 21.6. The van der Waals surface area contributed by atoms with E-state index >= 15 is 0 Å². The van der Waals surface area contributed by atoms with Crippen molar-refractivity contribution in [2.75, 3.05) is 26.2 Å². The number of halogens is 3. The molecule has 2 fully saturated rings. The number of carbonyl (C=O) groups excluding carboxylic acids is 1. The largest absolute Gasteiger partial charge is 0.573 e. The van der Waals surface area contributed by atoms with Gasteiger partial charge in [-0.05, 0) is 37.8 Å². The summed E-state index contributed by atoms with van der Waals surface area (Å²) in [7, 11) is -3.97. The number of nitrogens with zero attached hydrogens (tertiary/aromatic N) is 2. The van der Waals surface area contributed by atoms with Crippen LogP contribution >= 0.6 is 0 Å². The minimum absolute atomic E-state index is 0.0372. The van der Waals surface area contributed by atoms with Gasteiger partial charge in [0.25, 0.3) is 0 Å². The number of piperidine rings is 2. The summed E-state index contributed by atoms with van der Waals surface area (Å²) in [5.41, 5.74) is 1.13. The maximum Gasteiger partial charge on any atom is 0.573 e. The van der Waals surface area contributed by atoms with E-state index in [0.717, 1.165) is 30.5 Å². The average molecular weight is 432 g/mol. The number of sulfonamides is 1. The highest BCUT2D eigenvalue weighted by atomic mass is 32.2. The first-order chi connectivity index (χ1) is 13.6. The molecule has 6 nitrogen and oxygen atoms in total. The summed E-state index contributed by atoms with van der Waals surface area (Å²) in [4.78, 5) is 14.2. The van der Waals surface area contributed by atoms with E-state index in [1.54, 1.807) is 4.90 Å². The van der Waals surface area contributed by atoms with Crippen LogP contribution < -0.4 is 4.74 Å². The normalized spacial score (nSPS) is 20.0. The second-order valence-corrected chi connectivity index (χ2v) is 9.21. The van der Waals surface area contributed by atoms with Gasteiger partial charge in [0, 0.05) is 38.2 Å². The van der Waals surface area contributed by atoms with Crippen LogP contribution in [-0.4, -0.2) is 56.1 Å². The van der Waals surface area contributed by atoms with Crippen molar-refractivity contribution in [1.29, 1.82) is 0 Å². The summed E-state index contributed by atoms with van der Waals surface area (Å²) >= 11 is 0. The monoisotopic (exact) mass is 432 g/mol. The lowest BCUT2D eigenvalue weighted by Gasteiger charge is -2.35. The number of benzene rings is 1. The zero-order valence-corrected chi connectivity index (χ0v) is 16.6. The Labute approximate surface area is 168 Å². The molecule has 0 unspecified atom stereocenters. The van der Waals surface area contributed by atoms with Crippen LogP contribution in [0.3, 0.4) is 0 Å². The van der Waals surface area contributed by atoms with Crippen LogP contribution in [0.4, 0.5) is 13.2 Å². The summed E-state index contributed by atoms with van der Waals surface area (Å²) in [6.07, 6.45) is -2.56. The Morgan fingerprint density at radius 1 is 1.10 bits per heavy atom. The number of carbonyl (C=O) groups is 1. The van der Waals surface area contributed by atoms with E-state index in [1.807, 2.05) is 0 Å². The Bertz CT molecular complexity index is 868. The number of hydrogen-bond donors (Lipinski definition) is 0. The molecule has 2 saturated heterocycles. The zero-order chi connectivity index (χ0) is 21.2. The van der Waals surface area contributed by atoms with Crippen LogP contribution in [0.1, 0.15) is 25.7 Å². The Morgan fingerprint density at radius 3 is 2.31 bits per heavy atom. The molecular formula is C19H23F3N2O4S. The van der Waals surface area contributed by atoms with E-state index in [-0.39, 0.29) is 29.8 Å². The van der Waals surface area contributed by atoms with Gasteiger partial charge in [-0.15, -0.1) is 13.2 Å². The first-order valence-corrected chi connectivity index (χ1v) is 10.8. The van der Waals surface area contributed by atoms with Crippen LogP contribution in [0.25, 0.3) is 0 Å². The molecule has 0 N–H and O–H groups in total. The molecule has 0 radical (unpaired) electrons. The topological polar surface area (TPSA) is 66.9 Å². The molecule has 29 heavy (non-hydrogen) atoms. The molecule has 0 bridgehead atoms. The first-order valence-electron chi connectivity index (χ1n) is 9.38. The van der Waals surface area contributed by atoms with Crippen LogP contribution in [0.5, 0.6) is 5.75 Å². The Balaban J connectivity index is 1.63. The summed E-state index contributed by atoms with van der Waals surface area (Å²) in [5.74, 6) is -0.793. The molecule has 2 aliphatic heterocycles. The molecule has 1 aromatic rings. The van der Waals surface area contributed by atoms with Crippen LogP contribution in [0.2, 0.25) is 0 Å².